The molecule has 3 aliphatic rings. The third-order valence-electron chi connectivity index (χ3n) is 24.7. The molecule has 3 aromatic carbocycles. The fourth-order valence-corrected chi connectivity index (χ4v) is 17.9. The highest BCUT2D eigenvalue weighted by Gasteiger charge is 2.47. The molecule has 3 aliphatic heterocycles. The van der Waals surface area contributed by atoms with E-state index in [0.29, 0.717) is 58.6 Å². The number of para-hydroxylation sites is 2. The minimum Gasteiger partial charge on any atom is -0.508 e. The van der Waals surface area contributed by atoms with Gasteiger partial charge in [0.15, 0.2) is 0 Å². The van der Waals surface area contributed by atoms with Crippen LogP contribution in [0.1, 0.15) is 139 Å². The van der Waals surface area contributed by atoms with E-state index in [1.165, 1.54) is 81.8 Å². The molecule has 0 radical (unpaired) electrons. The molecule has 0 spiro atoms. The summed E-state index contributed by atoms with van der Waals surface area (Å²) in [6.45, 7) is 1.68. The smallest absolute Gasteiger partial charge is 0.323 e. The molecule has 0 unspecified atom stereocenters. The van der Waals surface area contributed by atoms with Crippen molar-refractivity contribution >= 4 is 146 Å². The third kappa shape index (κ3) is 30.2. The highest BCUT2D eigenvalue weighted by molar-refractivity contribution is 8.00. The Morgan fingerprint density at radius 2 is 1.13 bits per heavy atom. The highest BCUT2D eigenvalue weighted by Crippen LogP contribution is 2.29. The van der Waals surface area contributed by atoms with Crippen molar-refractivity contribution in [2.75, 3.05) is 65.4 Å². The number of aromatic amines is 2. The fraction of sp³-hybridized carbons (Fsp3) is 0.522. The summed E-state index contributed by atoms with van der Waals surface area (Å²) in [5.74, 6) is -21.2. The first-order chi connectivity index (χ1) is 66.2. The Kier molecular flexibility index (Phi) is 40.5. The Balaban J connectivity index is 1.12. The molecular weight excluding hydrogens is 1830 g/mol. The number of benzene rings is 3. The van der Waals surface area contributed by atoms with Crippen molar-refractivity contribution < 1.29 is 117 Å². The van der Waals surface area contributed by atoms with Gasteiger partial charge in [0, 0.05) is 125 Å². The van der Waals surface area contributed by atoms with Gasteiger partial charge in [-0.1, -0.05) is 88.1 Å². The van der Waals surface area contributed by atoms with Gasteiger partial charge in [0.25, 0.3) is 0 Å². The predicted molar refractivity (Wildman–Crippen MR) is 502 cm³/mol. The number of phenols is 1. The van der Waals surface area contributed by atoms with Gasteiger partial charge in [0.05, 0.1) is 37.8 Å². The first-order valence-electron chi connectivity index (χ1n) is 46.1. The lowest BCUT2D eigenvalue weighted by atomic mass is 10.00. The number of nitrogens with zero attached hydrogens (tertiary/aromatic N) is 7. The lowest BCUT2D eigenvalue weighted by Crippen LogP contribution is -2.61. The number of H-pyrrole nitrogens is 2. The molecule has 6 aromatic rings. The van der Waals surface area contributed by atoms with E-state index in [1.807, 2.05) is 13.8 Å². The molecule has 0 saturated carbocycles. The maximum Gasteiger partial charge on any atom is 0.323 e. The van der Waals surface area contributed by atoms with Crippen molar-refractivity contribution in [1.82, 2.24) is 97.2 Å². The Morgan fingerprint density at radius 3 is 1.78 bits per heavy atom. The van der Waals surface area contributed by atoms with Crippen molar-refractivity contribution in [2.45, 2.75) is 240 Å². The maximum atomic E-state index is 15.9. The Hall–Kier alpha value is -14.1. The Labute approximate surface area is 804 Å². The number of amides is 17. The fourth-order valence-electron chi connectivity index (χ4n) is 17.0. The summed E-state index contributed by atoms with van der Waals surface area (Å²) in [7, 11) is 3.79. The third-order valence-corrected chi connectivity index (χ3v) is 25.8. The number of fused-ring (bicyclic) bond motifs is 4. The van der Waals surface area contributed by atoms with E-state index in [-0.39, 0.29) is 81.5 Å². The molecule has 139 heavy (non-hydrogen) atoms. The SMILES string of the molecule is CCCC[C@H]1C(=O)N(C)[C@@H](CCCC)C(=O)N[C@@H](CCCCN)C(=O)N[C@H](C(=O)NCC(N)=O)CSCC(=O)N[C@@H](Cc2ccc(O)cc2)C(=O)N(C)[C@@H](C)C(=O)N[C@H](CC(N)=O)C(=O)N2CCC[C@H]2C(=O)N[C@@H](Cc2cnc[nH]2)C(=O)N[C@@H](CCC(=O)O)C(=O)N2C[C@H](O)C[C@H]2C(=O)N[C@@H](Cc2c[nH]c3ccccc23)C(=O)N[C@@H](CO)C(=O)N[C@@H](Cc2cn(CC(=O)O)c3ccccc23)C(=O)N1C. The number of carbonyl (C=O) groups is 19. The van der Waals surface area contributed by atoms with Gasteiger partial charge in [-0.15, -0.1) is 11.8 Å². The van der Waals surface area contributed by atoms with Crippen LogP contribution in [0.15, 0.2) is 97.7 Å². The molecule has 754 valence electrons. The number of nitrogens with one attached hydrogen (secondary N) is 12. The molecule has 3 saturated heterocycles. The van der Waals surface area contributed by atoms with Crippen LogP contribution in [0.5, 0.6) is 5.75 Å². The number of aliphatic hydroxyl groups is 2. The zero-order valence-corrected chi connectivity index (χ0v) is 79.1. The molecule has 3 fully saturated rings. The lowest BCUT2D eigenvalue weighted by Gasteiger charge is -2.36. The molecule has 47 heteroatoms. The van der Waals surface area contributed by atoms with Crippen LogP contribution in [0, 0.1) is 0 Å². The number of carboxylic acid groups (broad SMARTS) is 2. The average molecular weight is 1960 g/mol. The number of hydrogen-bond donors (Lipinski definition) is 20. The largest absolute Gasteiger partial charge is 0.508 e. The molecule has 0 bridgehead atoms. The number of aromatic hydroxyl groups is 1. The van der Waals surface area contributed by atoms with Crippen molar-refractivity contribution in [2.24, 2.45) is 17.2 Å². The summed E-state index contributed by atoms with van der Waals surface area (Å²) in [5.41, 5.74) is 19.3. The van der Waals surface area contributed by atoms with E-state index in [4.69, 9.17) is 17.2 Å². The van der Waals surface area contributed by atoms with Crippen molar-refractivity contribution in [3.63, 3.8) is 0 Å². The molecule has 0 aliphatic carbocycles. The lowest BCUT2D eigenvalue weighted by molar-refractivity contribution is -0.149. The average Bonchev–Trinajstić information content (AvgIpc) is 1.65. The summed E-state index contributed by atoms with van der Waals surface area (Å²) in [4.78, 5) is 290. The van der Waals surface area contributed by atoms with Crippen molar-refractivity contribution in [1.29, 1.82) is 0 Å². The maximum absolute atomic E-state index is 15.9. The highest BCUT2D eigenvalue weighted by atomic mass is 32.2. The molecule has 6 heterocycles. The van der Waals surface area contributed by atoms with Gasteiger partial charge in [-0.3, -0.25) is 91.1 Å². The molecule has 15 atom stereocenters. The number of thioether (sulfide) groups is 1. The van der Waals surface area contributed by atoms with Gasteiger partial charge in [-0.05, 0) is 106 Å². The van der Waals surface area contributed by atoms with Crippen LogP contribution in [0.25, 0.3) is 21.8 Å². The number of likely N-dealkylation sites (N-methyl/N-ethyl adjacent to an activating group) is 3. The standard InChI is InChI=1S/C92H126N22O24S/c1-7-9-22-70-85(131)101-60(21-15-16-32-93)81(127)108-68(80(126)98-42-75(95)119)47-139-48-76(120)100-64(34-51-26-28-55(116)29-27-51)88(134)109(4)50(3)79(125)105-66(39-74(94)118)91(137)113-33-17-25-71(113)86(132)104-63(37-54-41-96-49-99-54)83(129)102-61(30-31-77(121)122)90(136)114-44-56(117)38-73(114)87(133)103-62(35-52-40-97-59-20-13-11-18-57(52)59)82(128)107-67(46-115)84(130)106-65(89(135)111(6)72(23-10-8-2)92(138)110(70)5)36-53-43-112(45-78(123)124)69-24-14-12-19-58(53)69/h11-14,18-20,24,26-29,40-41,43,49-50,56,60-68,70-73,97,115-117H,7-10,15-17,21-23,25,30-39,42,44-48,93H2,1-6H3,(H2,94,118)(H2,95,119)(H,96,99)(H,98,126)(H,100,120)(H,101,131)(H,102,129)(H,103,133)(H,104,132)(H,105,125)(H,106,130)(H,107,128)(H,108,127)(H,121,122)(H,123,124)/t50-,56+,60-,61-,62-,63-,64-,65-,66+,67-,68-,70-,71-,72-,73-/m0/s1. The van der Waals surface area contributed by atoms with Crippen LogP contribution >= 0.6 is 11.8 Å². The zero-order valence-electron chi connectivity index (χ0n) is 78.3. The monoisotopic (exact) mass is 1950 g/mol. The summed E-state index contributed by atoms with van der Waals surface area (Å²) >= 11 is 0.755. The molecule has 23 N–H and O–H groups in total. The van der Waals surface area contributed by atoms with E-state index in [1.54, 1.807) is 48.5 Å². The van der Waals surface area contributed by atoms with E-state index >= 15 is 38.4 Å². The normalized spacial score (nSPS) is 24.4. The molecule has 9 rings (SSSR count). The molecule has 46 nitrogen and oxygen atoms in total. The van der Waals surface area contributed by atoms with Crippen molar-refractivity contribution in [3.8, 4) is 5.75 Å². The Morgan fingerprint density at radius 1 is 0.547 bits per heavy atom. The minimum atomic E-state index is -2.01. The van der Waals surface area contributed by atoms with E-state index in [0.717, 1.165) is 36.3 Å². The quantitative estimate of drug-likeness (QED) is 0.0201. The summed E-state index contributed by atoms with van der Waals surface area (Å²) < 4.78 is 1.39. The number of aromatic nitrogens is 4. The number of hydrogen-bond acceptors (Lipinski definition) is 25. The first-order valence-corrected chi connectivity index (χ1v) is 47.2. The van der Waals surface area contributed by atoms with Crippen LogP contribution in [0.4, 0.5) is 0 Å². The number of primary amides is 2. The molecule has 3 aromatic heterocycles. The van der Waals surface area contributed by atoms with Gasteiger partial charge in [-0.25, -0.2) is 4.98 Å². The van der Waals surface area contributed by atoms with Gasteiger partial charge < -0.3 is 135 Å². The molecular formula is C92H126N22O24S. The van der Waals surface area contributed by atoms with Crippen molar-refractivity contribution in [3.05, 3.63) is 120 Å². The number of rotatable bonds is 29. The summed E-state index contributed by atoms with van der Waals surface area (Å²) in [5, 5.41) is 80.0. The Bertz CT molecular complexity index is 5400. The summed E-state index contributed by atoms with van der Waals surface area (Å²) in [6, 6.07) is -4.42. The number of unbranched alkanes of at least 4 members (excludes halogenated alkanes) is 3. The number of aliphatic carboxylic acids is 2. The number of imidazole rings is 1. The number of carboxylic acids is 2. The number of aliphatic hydroxyl groups excluding tert-OH is 2. The van der Waals surface area contributed by atoms with Gasteiger partial charge in [0.1, 0.15) is 96.9 Å². The van der Waals surface area contributed by atoms with E-state index in [2.05, 4.69) is 68.1 Å². The van der Waals surface area contributed by atoms with Gasteiger partial charge >= 0.3 is 11.9 Å². The van der Waals surface area contributed by atoms with E-state index < -0.39 is 286 Å². The topological polar surface area (TPSA) is 689 Å². The zero-order chi connectivity index (χ0) is 102. The van der Waals surface area contributed by atoms with Gasteiger partial charge in [-0.2, -0.15) is 0 Å². The second-order valence-corrected chi connectivity index (χ2v) is 35.9. The number of nitrogens with two attached hydrogens (primary N) is 3. The number of carbonyl (C=O) groups excluding carboxylic acids is 17. The minimum absolute atomic E-state index is 0.0415. The van der Waals surface area contributed by atoms with Crippen LogP contribution < -0.4 is 70.4 Å². The van der Waals surface area contributed by atoms with Crippen LogP contribution in [-0.2, 0) is 123 Å². The summed E-state index contributed by atoms with van der Waals surface area (Å²) in [6.07, 6.45) is 1.33. The first kappa shape index (κ1) is 109. The second kappa shape index (κ2) is 51.9. The predicted octanol–water partition coefficient (Wildman–Crippen LogP) is -3.69. The van der Waals surface area contributed by atoms with E-state index in [9.17, 15) is 78.3 Å². The number of phenolic OH excluding ortho intramolecular Hbond substituents is 1. The van der Waals surface area contributed by atoms with Crippen LogP contribution in [0.2, 0.25) is 0 Å². The second-order valence-electron chi connectivity index (χ2n) is 34.9. The van der Waals surface area contributed by atoms with Crippen LogP contribution in [-0.4, -0.2) is 338 Å². The van der Waals surface area contributed by atoms with Crippen LogP contribution in [0.3, 0.4) is 0 Å². The molecule has 17 amide bonds. The van der Waals surface area contributed by atoms with Gasteiger partial charge in [0.2, 0.25) is 100 Å².